The molecule has 128 valence electrons. The minimum absolute atomic E-state index is 0. The molecule has 0 bridgehead atoms. The van der Waals surface area contributed by atoms with Crippen LogP contribution in [-0.4, -0.2) is 12.5 Å². The predicted octanol–water partition coefficient (Wildman–Crippen LogP) is 4.12. The number of amides is 1. The van der Waals surface area contributed by atoms with E-state index < -0.39 is 0 Å². The van der Waals surface area contributed by atoms with Crippen LogP contribution in [0.1, 0.15) is 23.1 Å². The van der Waals surface area contributed by atoms with Crippen molar-refractivity contribution in [2.75, 3.05) is 11.9 Å². The Morgan fingerprint density at radius 3 is 2.83 bits per heavy atom. The normalized spacial score (nSPS) is 12.9. The van der Waals surface area contributed by atoms with Crippen LogP contribution in [0.4, 0.5) is 10.1 Å². The summed E-state index contributed by atoms with van der Waals surface area (Å²) in [5, 5.41) is 6.52. The zero-order valence-electron chi connectivity index (χ0n) is 13.1. The predicted molar refractivity (Wildman–Crippen MR) is 97.5 cm³/mol. The SMILES string of the molecule is Cl.O=C(CCc1ccccc1Cl)Nc1ccc2c(c1F)CCNC2. The molecule has 1 aliphatic heterocycles. The number of rotatable bonds is 4. The minimum Gasteiger partial charge on any atom is -0.324 e. The molecule has 0 atom stereocenters. The van der Waals surface area contributed by atoms with Crippen LogP contribution in [0.2, 0.25) is 5.02 Å². The first-order valence-corrected chi connectivity index (χ1v) is 8.07. The molecule has 1 aliphatic rings. The lowest BCUT2D eigenvalue weighted by atomic mass is 9.99. The van der Waals surface area contributed by atoms with Crippen LogP contribution < -0.4 is 10.6 Å². The van der Waals surface area contributed by atoms with Gasteiger partial charge in [-0.25, -0.2) is 4.39 Å². The van der Waals surface area contributed by atoms with Gasteiger partial charge >= 0.3 is 0 Å². The van der Waals surface area contributed by atoms with Crippen molar-refractivity contribution in [1.82, 2.24) is 5.32 Å². The van der Waals surface area contributed by atoms with Gasteiger partial charge < -0.3 is 10.6 Å². The molecule has 1 heterocycles. The molecule has 2 aromatic carbocycles. The van der Waals surface area contributed by atoms with E-state index in [0.717, 1.165) is 17.7 Å². The van der Waals surface area contributed by atoms with Crippen molar-refractivity contribution in [3.63, 3.8) is 0 Å². The lowest BCUT2D eigenvalue weighted by Crippen LogP contribution is -2.25. The number of halogens is 3. The van der Waals surface area contributed by atoms with E-state index in [1.807, 2.05) is 24.3 Å². The highest BCUT2D eigenvalue weighted by atomic mass is 35.5. The van der Waals surface area contributed by atoms with Gasteiger partial charge in [0, 0.05) is 18.0 Å². The molecule has 0 saturated heterocycles. The average Bonchev–Trinajstić information content (AvgIpc) is 2.57. The number of nitrogens with one attached hydrogen (secondary N) is 2. The maximum Gasteiger partial charge on any atom is 0.224 e. The van der Waals surface area contributed by atoms with Gasteiger partial charge in [-0.05, 0) is 48.2 Å². The molecule has 3 rings (SSSR count). The number of hydrogen-bond acceptors (Lipinski definition) is 2. The Morgan fingerprint density at radius 2 is 2.04 bits per heavy atom. The van der Waals surface area contributed by atoms with Crippen molar-refractivity contribution in [3.8, 4) is 0 Å². The van der Waals surface area contributed by atoms with Gasteiger partial charge in [-0.2, -0.15) is 0 Å². The summed E-state index contributed by atoms with van der Waals surface area (Å²) < 4.78 is 14.5. The minimum atomic E-state index is -0.310. The standard InChI is InChI=1S/C18H18ClFN2O.ClH/c19-15-4-2-1-3-12(15)6-8-17(23)22-16-7-5-13-11-21-10-9-14(13)18(16)20;/h1-5,7,21H,6,8-11H2,(H,22,23);1H. The fraction of sp³-hybridized carbons (Fsp3) is 0.278. The Labute approximate surface area is 152 Å². The van der Waals surface area contributed by atoms with E-state index in [-0.39, 0.29) is 36.2 Å². The third-order valence-electron chi connectivity index (χ3n) is 4.06. The summed E-state index contributed by atoms with van der Waals surface area (Å²) >= 11 is 6.07. The number of carbonyl (C=O) groups is 1. The monoisotopic (exact) mass is 368 g/mol. The molecule has 0 radical (unpaired) electrons. The number of anilines is 1. The summed E-state index contributed by atoms with van der Waals surface area (Å²) in [4.78, 5) is 12.1. The third-order valence-corrected chi connectivity index (χ3v) is 4.43. The van der Waals surface area contributed by atoms with E-state index in [1.54, 1.807) is 12.1 Å². The summed E-state index contributed by atoms with van der Waals surface area (Å²) in [5.41, 5.74) is 2.84. The molecule has 0 aliphatic carbocycles. The molecule has 0 unspecified atom stereocenters. The van der Waals surface area contributed by atoms with Crippen molar-refractivity contribution in [2.45, 2.75) is 25.8 Å². The second kappa shape index (κ2) is 8.47. The largest absolute Gasteiger partial charge is 0.324 e. The highest BCUT2D eigenvalue weighted by Gasteiger charge is 2.17. The van der Waals surface area contributed by atoms with Gasteiger partial charge in [0.2, 0.25) is 5.91 Å². The molecule has 0 aromatic heterocycles. The van der Waals surface area contributed by atoms with E-state index in [4.69, 9.17) is 11.6 Å². The van der Waals surface area contributed by atoms with E-state index in [1.165, 1.54) is 0 Å². The fourth-order valence-electron chi connectivity index (χ4n) is 2.79. The Balaban J connectivity index is 0.00000208. The van der Waals surface area contributed by atoms with Crippen LogP contribution in [0, 0.1) is 5.82 Å². The summed E-state index contributed by atoms with van der Waals surface area (Å²) in [6.45, 7) is 1.43. The summed E-state index contributed by atoms with van der Waals surface area (Å²) in [6.07, 6.45) is 1.44. The lowest BCUT2D eigenvalue weighted by molar-refractivity contribution is -0.116. The van der Waals surface area contributed by atoms with Crippen molar-refractivity contribution < 1.29 is 9.18 Å². The fourth-order valence-corrected chi connectivity index (χ4v) is 3.02. The Hall–Kier alpha value is -1.62. The van der Waals surface area contributed by atoms with E-state index >= 15 is 0 Å². The molecule has 24 heavy (non-hydrogen) atoms. The number of aryl methyl sites for hydroxylation is 1. The van der Waals surface area contributed by atoms with Gasteiger partial charge in [0.15, 0.2) is 0 Å². The smallest absolute Gasteiger partial charge is 0.224 e. The zero-order chi connectivity index (χ0) is 16.2. The van der Waals surface area contributed by atoms with Crippen LogP contribution in [0.15, 0.2) is 36.4 Å². The molecule has 6 heteroatoms. The molecule has 2 aromatic rings. The average molecular weight is 369 g/mol. The second-order valence-corrected chi connectivity index (χ2v) is 6.04. The van der Waals surface area contributed by atoms with E-state index in [0.29, 0.717) is 30.0 Å². The maximum absolute atomic E-state index is 14.5. The number of benzene rings is 2. The van der Waals surface area contributed by atoms with Crippen LogP contribution in [0.25, 0.3) is 0 Å². The highest BCUT2D eigenvalue weighted by molar-refractivity contribution is 6.31. The van der Waals surface area contributed by atoms with Gasteiger partial charge in [-0.1, -0.05) is 35.9 Å². The van der Waals surface area contributed by atoms with Gasteiger partial charge in [0.25, 0.3) is 0 Å². The lowest BCUT2D eigenvalue weighted by Gasteiger charge is -2.19. The molecular weight excluding hydrogens is 350 g/mol. The number of fused-ring (bicyclic) bond motifs is 1. The van der Waals surface area contributed by atoms with Crippen molar-refractivity contribution in [1.29, 1.82) is 0 Å². The molecule has 0 spiro atoms. The molecule has 3 nitrogen and oxygen atoms in total. The quantitative estimate of drug-likeness (QED) is 0.851. The number of carbonyl (C=O) groups excluding carboxylic acids is 1. The summed E-state index contributed by atoms with van der Waals surface area (Å²) in [7, 11) is 0. The molecule has 0 saturated carbocycles. The summed E-state index contributed by atoms with van der Waals surface area (Å²) in [5.74, 6) is -0.521. The van der Waals surface area contributed by atoms with E-state index in [2.05, 4.69) is 10.6 Å². The van der Waals surface area contributed by atoms with Crippen LogP contribution >= 0.6 is 24.0 Å². The molecule has 0 fully saturated rings. The van der Waals surface area contributed by atoms with Gasteiger partial charge in [-0.3, -0.25) is 4.79 Å². The van der Waals surface area contributed by atoms with Crippen molar-refractivity contribution in [3.05, 3.63) is 63.9 Å². The van der Waals surface area contributed by atoms with Gasteiger partial charge in [0.05, 0.1) is 5.69 Å². The first-order chi connectivity index (χ1) is 11.1. The molecule has 2 N–H and O–H groups in total. The van der Waals surface area contributed by atoms with E-state index in [9.17, 15) is 9.18 Å². The first-order valence-electron chi connectivity index (χ1n) is 7.69. The summed E-state index contributed by atoms with van der Waals surface area (Å²) in [6, 6.07) is 10.9. The van der Waals surface area contributed by atoms with Crippen molar-refractivity contribution in [2.24, 2.45) is 0 Å². The Kier molecular flexibility index (Phi) is 6.60. The molecular formula is C18H19Cl2FN2O. The van der Waals surface area contributed by atoms with Gasteiger partial charge in [-0.15, -0.1) is 12.4 Å². The van der Waals surface area contributed by atoms with Crippen molar-refractivity contribution >= 4 is 35.6 Å². The zero-order valence-corrected chi connectivity index (χ0v) is 14.6. The third kappa shape index (κ3) is 4.26. The first kappa shape index (κ1) is 18.7. The Bertz CT molecular complexity index is 737. The molecule has 1 amide bonds. The number of hydrogen-bond donors (Lipinski definition) is 2. The topological polar surface area (TPSA) is 41.1 Å². The highest BCUT2D eigenvalue weighted by Crippen LogP contribution is 2.25. The van der Waals surface area contributed by atoms with Gasteiger partial charge in [0.1, 0.15) is 5.82 Å². The Morgan fingerprint density at radius 1 is 1.25 bits per heavy atom. The second-order valence-electron chi connectivity index (χ2n) is 5.63. The maximum atomic E-state index is 14.5. The van der Waals surface area contributed by atoms with Crippen LogP contribution in [-0.2, 0) is 24.2 Å². The van der Waals surface area contributed by atoms with Crippen LogP contribution in [0.5, 0.6) is 0 Å². The van der Waals surface area contributed by atoms with Crippen LogP contribution in [0.3, 0.4) is 0 Å².